The van der Waals surface area contributed by atoms with Crippen LogP contribution in [0.3, 0.4) is 0 Å². The maximum atomic E-state index is 12.9. The van der Waals surface area contributed by atoms with Crippen LogP contribution in [-0.4, -0.2) is 37.9 Å². The molecule has 0 spiro atoms. The zero-order chi connectivity index (χ0) is 19.5. The molecule has 1 aliphatic heterocycles. The van der Waals surface area contributed by atoms with E-state index in [1.165, 1.54) is 22.2 Å². The topological polar surface area (TPSA) is 51.0 Å². The summed E-state index contributed by atoms with van der Waals surface area (Å²) < 4.78 is 1.95. The molecule has 3 heterocycles. The maximum absolute atomic E-state index is 12.9. The number of hydrogen-bond donors (Lipinski definition) is 0. The third-order valence-electron chi connectivity index (χ3n) is 5.12. The second-order valence-corrected chi connectivity index (χ2v) is 9.20. The van der Waals surface area contributed by atoms with Gasteiger partial charge in [-0.2, -0.15) is 0 Å². The van der Waals surface area contributed by atoms with E-state index >= 15 is 0 Å². The maximum Gasteiger partial charge on any atom is 0.233 e. The molecule has 5 nitrogen and oxygen atoms in total. The van der Waals surface area contributed by atoms with Crippen molar-refractivity contribution in [1.29, 1.82) is 0 Å². The number of benzene rings is 1. The molecular weight excluding hydrogens is 388 g/mol. The molecule has 0 N–H and O–H groups in total. The third kappa shape index (κ3) is 4.00. The van der Waals surface area contributed by atoms with Gasteiger partial charge in [-0.3, -0.25) is 9.36 Å². The summed E-state index contributed by atoms with van der Waals surface area (Å²) in [6.07, 6.45) is 3.83. The number of carbonyl (C=O) groups is 1. The minimum absolute atomic E-state index is 0.172. The smallest absolute Gasteiger partial charge is 0.233 e. The van der Waals surface area contributed by atoms with E-state index in [0.717, 1.165) is 30.2 Å². The molecule has 1 saturated heterocycles. The molecule has 0 radical (unpaired) electrons. The molecule has 4 rings (SSSR count). The Morgan fingerprint density at radius 2 is 2.11 bits per heavy atom. The first-order valence-electron chi connectivity index (χ1n) is 9.59. The SMILES string of the molecule is CC(C)c1ccc(-n2cnnc2SCC(=O)N2CCCC2c2cccs2)cc1. The molecule has 1 unspecified atom stereocenters. The Bertz CT molecular complexity index is 918. The Labute approximate surface area is 173 Å². The van der Waals surface area contributed by atoms with Crippen molar-refractivity contribution < 1.29 is 4.79 Å². The van der Waals surface area contributed by atoms with Crippen LogP contribution in [0.4, 0.5) is 0 Å². The van der Waals surface area contributed by atoms with Gasteiger partial charge in [-0.05, 0) is 47.9 Å². The lowest BCUT2D eigenvalue weighted by Crippen LogP contribution is -2.31. The lowest BCUT2D eigenvalue weighted by Gasteiger charge is -2.23. The van der Waals surface area contributed by atoms with Crippen molar-refractivity contribution in [2.45, 2.75) is 43.8 Å². The van der Waals surface area contributed by atoms with Gasteiger partial charge in [0.1, 0.15) is 6.33 Å². The minimum Gasteiger partial charge on any atom is -0.334 e. The lowest BCUT2D eigenvalue weighted by molar-refractivity contribution is -0.129. The molecule has 146 valence electrons. The van der Waals surface area contributed by atoms with Crippen LogP contribution in [0.2, 0.25) is 0 Å². The van der Waals surface area contributed by atoms with Crippen molar-refractivity contribution in [2.75, 3.05) is 12.3 Å². The van der Waals surface area contributed by atoms with Crippen LogP contribution in [0.25, 0.3) is 5.69 Å². The van der Waals surface area contributed by atoms with Crippen LogP contribution in [-0.2, 0) is 4.79 Å². The van der Waals surface area contributed by atoms with Gasteiger partial charge in [0.2, 0.25) is 5.91 Å². The fourth-order valence-corrected chi connectivity index (χ4v) is 5.26. The zero-order valence-electron chi connectivity index (χ0n) is 16.1. The zero-order valence-corrected chi connectivity index (χ0v) is 17.7. The average molecular weight is 413 g/mol. The number of aromatic nitrogens is 3. The van der Waals surface area contributed by atoms with Gasteiger partial charge in [0, 0.05) is 17.1 Å². The van der Waals surface area contributed by atoms with Crippen molar-refractivity contribution in [2.24, 2.45) is 0 Å². The number of thioether (sulfide) groups is 1. The first kappa shape index (κ1) is 19.2. The molecule has 7 heteroatoms. The Kier molecular flexibility index (Phi) is 5.82. The fraction of sp³-hybridized carbons (Fsp3) is 0.381. The predicted octanol–water partition coefficient (Wildman–Crippen LogP) is 4.91. The van der Waals surface area contributed by atoms with Gasteiger partial charge < -0.3 is 4.90 Å². The molecule has 0 bridgehead atoms. The van der Waals surface area contributed by atoms with Crippen LogP contribution in [0.15, 0.2) is 53.3 Å². The standard InChI is InChI=1S/C21H24N4OS2/c1-15(2)16-7-9-17(10-8-16)25-14-22-23-21(25)28-13-20(26)24-11-3-5-18(24)19-6-4-12-27-19/h4,6-10,12,14-15,18H,3,5,11,13H2,1-2H3. The van der Waals surface area contributed by atoms with E-state index in [-0.39, 0.29) is 11.9 Å². The quantitative estimate of drug-likeness (QED) is 0.540. The Hall–Kier alpha value is -2.12. The highest BCUT2D eigenvalue weighted by atomic mass is 32.2. The molecule has 3 aromatic rings. The van der Waals surface area contributed by atoms with Crippen LogP contribution in [0.1, 0.15) is 49.1 Å². The van der Waals surface area contributed by atoms with E-state index in [4.69, 9.17) is 0 Å². The monoisotopic (exact) mass is 412 g/mol. The van der Waals surface area contributed by atoms with Crippen LogP contribution in [0.5, 0.6) is 0 Å². The highest BCUT2D eigenvalue weighted by molar-refractivity contribution is 7.99. The molecule has 1 atom stereocenters. The van der Waals surface area contributed by atoms with Crippen LogP contribution < -0.4 is 0 Å². The first-order chi connectivity index (χ1) is 13.6. The largest absolute Gasteiger partial charge is 0.334 e. The van der Waals surface area contributed by atoms with E-state index in [1.807, 2.05) is 9.47 Å². The molecule has 2 aromatic heterocycles. The second-order valence-electron chi connectivity index (χ2n) is 7.28. The van der Waals surface area contributed by atoms with Crippen molar-refractivity contribution in [3.8, 4) is 5.69 Å². The summed E-state index contributed by atoms with van der Waals surface area (Å²) in [5, 5.41) is 11.1. The first-order valence-corrected chi connectivity index (χ1v) is 11.5. The van der Waals surface area contributed by atoms with Gasteiger partial charge in [0.05, 0.1) is 11.8 Å². The predicted molar refractivity (Wildman–Crippen MR) is 114 cm³/mol. The third-order valence-corrected chi connectivity index (χ3v) is 7.03. The summed E-state index contributed by atoms with van der Waals surface area (Å²) in [5.74, 6) is 1.05. The Morgan fingerprint density at radius 1 is 1.29 bits per heavy atom. The molecule has 1 aromatic carbocycles. The molecule has 0 saturated carbocycles. The van der Waals surface area contributed by atoms with Crippen molar-refractivity contribution in [3.63, 3.8) is 0 Å². The number of hydrogen-bond acceptors (Lipinski definition) is 5. The van der Waals surface area contributed by atoms with E-state index < -0.39 is 0 Å². The van der Waals surface area contributed by atoms with Crippen molar-refractivity contribution in [3.05, 3.63) is 58.5 Å². The van der Waals surface area contributed by atoms with Gasteiger partial charge in [-0.15, -0.1) is 21.5 Å². The van der Waals surface area contributed by atoms with Gasteiger partial charge in [-0.1, -0.05) is 43.8 Å². The Balaban J connectivity index is 1.43. The number of rotatable bonds is 6. The number of likely N-dealkylation sites (tertiary alicyclic amines) is 1. The van der Waals surface area contributed by atoms with E-state index in [2.05, 4.69) is 65.8 Å². The van der Waals surface area contributed by atoms with Gasteiger partial charge in [-0.25, -0.2) is 0 Å². The summed E-state index contributed by atoms with van der Waals surface area (Å²) in [6.45, 7) is 5.20. The minimum atomic E-state index is 0.172. The normalized spacial score (nSPS) is 16.8. The number of carbonyl (C=O) groups excluding carboxylic acids is 1. The summed E-state index contributed by atoms with van der Waals surface area (Å²) in [4.78, 5) is 16.2. The molecule has 28 heavy (non-hydrogen) atoms. The summed E-state index contributed by atoms with van der Waals surface area (Å²) in [6, 6.07) is 12.9. The highest BCUT2D eigenvalue weighted by Crippen LogP contribution is 2.35. The molecule has 1 fully saturated rings. The molecular formula is C21H24N4OS2. The summed E-state index contributed by atoms with van der Waals surface area (Å²) >= 11 is 3.19. The lowest BCUT2D eigenvalue weighted by atomic mass is 10.0. The summed E-state index contributed by atoms with van der Waals surface area (Å²) in [5.41, 5.74) is 2.32. The van der Waals surface area contributed by atoms with Crippen LogP contribution >= 0.6 is 23.1 Å². The number of nitrogens with zero attached hydrogens (tertiary/aromatic N) is 4. The highest BCUT2D eigenvalue weighted by Gasteiger charge is 2.30. The van der Waals surface area contributed by atoms with Gasteiger partial charge in [0.25, 0.3) is 0 Å². The Morgan fingerprint density at radius 3 is 2.82 bits per heavy atom. The summed E-state index contributed by atoms with van der Waals surface area (Å²) in [7, 11) is 0. The fourth-order valence-electron chi connectivity index (χ4n) is 3.57. The van der Waals surface area contributed by atoms with Gasteiger partial charge >= 0.3 is 0 Å². The number of amides is 1. The number of thiophene rings is 1. The van der Waals surface area contributed by atoms with E-state index in [1.54, 1.807) is 17.7 Å². The van der Waals surface area contributed by atoms with Crippen molar-refractivity contribution >= 4 is 29.0 Å². The molecule has 1 amide bonds. The van der Waals surface area contributed by atoms with Crippen molar-refractivity contribution in [1.82, 2.24) is 19.7 Å². The average Bonchev–Trinajstić information content (AvgIpc) is 3.47. The van der Waals surface area contributed by atoms with Crippen LogP contribution in [0, 0.1) is 0 Å². The molecule has 1 aliphatic rings. The second kappa shape index (κ2) is 8.49. The van der Waals surface area contributed by atoms with Gasteiger partial charge in [0.15, 0.2) is 5.16 Å². The van der Waals surface area contributed by atoms with E-state index in [9.17, 15) is 4.79 Å². The molecule has 0 aliphatic carbocycles. The van der Waals surface area contributed by atoms with E-state index in [0.29, 0.717) is 11.7 Å².